The van der Waals surface area contributed by atoms with E-state index in [4.69, 9.17) is 9.47 Å². The van der Waals surface area contributed by atoms with E-state index in [2.05, 4.69) is 4.98 Å². The number of hydrogen-bond donors (Lipinski definition) is 0. The van der Waals surface area contributed by atoms with E-state index in [1.807, 2.05) is 37.4 Å². The zero-order valence-electron chi connectivity index (χ0n) is 12.5. The molecule has 0 aliphatic carbocycles. The average Bonchev–Trinajstić information content (AvgIpc) is 3.01. The molecule has 5 nitrogen and oxygen atoms in total. The van der Waals surface area contributed by atoms with Gasteiger partial charge in [0.05, 0.1) is 6.42 Å². The van der Waals surface area contributed by atoms with Crippen LogP contribution in [0.5, 0.6) is 11.5 Å². The second-order valence-corrected chi connectivity index (χ2v) is 5.29. The van der Waals surface area contributed by atoms with Crippen molar-refractivity contribution < 1.29 is 14.3 Å². The van der Waals surface area contributed by atoms with Crippen molar-refractivity contribution in [1.82, 2.24) is 9.88 Å². The number of carbonyl (C=O) groups is 1. The van der Waals surface area contributed by atoms with Crippen LogP contribution in [0.25, 0.3) is 0 Å². The summed E-state index contributed by atoms with van der Waals surface area (Å²) in [5.41, 5.74) is 2.11. The number of benzene rings is 1. The molecule has 22 heavy (non-hydrogen) atoms. The van der Waals surface area contributed by atoms with Crippen LogP contribution in [0, 0.1) is 0 Å². The third-order valence-corrected chi connectivity index (χ3v) is 3.70. The highest BCUT2D eigenvalue weighted by atomic mass is 16.7. The molecule has 0 bridgehead atoms. The molecule has 114 valence electrons. The molecule has 0 saturated heterocycles. The Kier molecular flexibility index (Phi) is 4.23. The van der Waals surface area contributed by atoms with E-state index in [1.165, 1.54) is 5.56 Å². The van der Waals surface area contributed by atoms with Crippen LogP contribution >= 0.6 is 0 Å². The fraction of sp³-hybridized carbons (Fsp3) is 0.294. The number of nitrogens with zero attached hydrogens (tertiary/aromatic N) is 2. The third-order valence-electron chi connectivity index (χ3n) is 3.70. The van der Waals surface area contributed by atoms with Gasteiger partial charge in [-0.05, 0) is 41.8 Å². The molecule has 0 saturated carbocycles. The first-order valence-corrected chi connectivity index (χ1v) is 7.24. The Balaban J connectivity index is 1.55. The number of aromatic nitrogens is 1. The van der Waals surface area contributed by atoms with Gasteiger partial charge < -0.3 is 14.4 Å². The van der Waals surface area contributed by atoms with E-state index in [0.29, 0.717) is 18.7 Å². The zero-order chi connectivity index (χ0) is 15.4. The van der Waals surface area contributed by atoms with Gasteiger partial charge in [-0.25, -0.2) is 0 Å². The molecule has 0 unspecified atom stereocenters. The number of amides is 1. The van der Waals surface area contributed by atoms with Crippen molar-refractivity contribution in [2.24, 2.45) is 0 Å². The summed E-state index contributed by atoms with van der Waals surface area (Å²) in [5, 5.41) is 0. The lowest BCUT2D eigenvalue weighted by atomic mass is 10.1. The molecule has 0 radical (unpaired) electrons. The highest BCUT2D eigenvalue weighted by Gasteiger charge is 2.15. The minimum absolute atomic E-state index is 0.0907. The molecular formula is C17H18N2O3. The summed E-state index contributed by atoms with van der Waals surface area (Å²) in [4.78, 5) is 18.0. The molecular weight excluding hydrogens is 280 g/mol. The molecule has 1 aromatic heterocycles. The van der Waals surface area contributed by atoms with Gasteiger partial charge in [0.1, 0.15) is 0 Å². The summed E-state index contributed by atoms with van der Waals surface area (Å²) in [6.45, 7) is 0.936. The van der Waals surface area contributed by atoms with Crippen molar-refractivity contribution in [2.75, 3.05) is 20.4 Å². The smallest absolute Gasteiger partial charge is 0.231 e. The maximum atomic E-state index is 12.3. The van der Waals surface area contributed by atoms with E-state index >= 15 is 0 Å². The van der Waals surface area contributed by atoms with Crippen LogP contribution < -0.4 is 9.47 Å². The van der Waals surface area contributed by atoms with Crippen LogP contribution in [0.3, 0.4) is 0 Å². The molecule has 2 heterocycles. The second kappa shape index (κ2) is 6.47. The van der Waals surface area contributed by atoms with Crippen molar-refractivity contribution in [1.29, 1.82) is 0 Å². The quantitative estimate of drug-likeness (QED) is 0.848. The second-order valence-electron chi connectivity index (χ2n) is 5.29. The lowest BCUT2D eigenvalue weighted by Crippen LogP contribution is -2.30. The van der Waals surface area contributed by atoms with Crippen LogP contribution in [-0.4, -0.2) is 36.2 Å². The largest absolute Gasteiger partial charge is 0.454 e. The Hall–Kier alpha value is -2.56. The van der Waals surface area contributed by atoms with Gasteiger partial charge in [0.25, 0.3) is 0 Å². The first-order valence-electron chi connectivity index (χ1n) is 7.24. The van der Waals surface area contributed by atoms with Crippen LogP contribution in [0.4, 0.5) is 0 Å². The topological polar surface area (TPSA) is 51.7 Å². The molecule has 0 N–H and O–H groups in total. The number of rotatable bonds is 5. The number of fused-ring (bicyclic) bond motifs is 1. The fourth-order valence-corrected chi connectivity index (χ4v) is 2.33. The van der Waals surface area contributed by atoms with Crippen molar-refractivity contribution in [3.05, 3.63) is 53.9 Å². The van der Waals surface area contributed by atoms with Crippen LogP contribution in [0.1, 0.15) is 11.1 Å². The molecule has 2 aromatic rings. The highest BCUT2D eigenvalue weighted by Crippen LogP contribution is 2.32. The Morgan fingerprint density at radius 3 is 2.73 bits per heavy atom. The molecule has 1 aromatic carbocycles. The first-order chi connectivity index (χ1) is 10.7. The van der Waals surface area contributed by atoms with Gasteiger partial charge in [-0.1, -0.05) is 6.07 Å². The van der Waals surface area contributed by atoms with Crippen molar-refractivity contribution in [3.8, 4) is 11.5 Å². The number of pyridine rings is 1. The third kappa shape index (κ3) is 3.36. The van der Waals surface area contributed by atoms with Gasteiger partial charge in [-0.15, -0.1) is 0 Å². The predicted octanol–water partition coefficient (Wildman–Crippen LogP) is 2.05. The number of ether oxygens (including phenoxy) is 2. The molecule has 3 rings (SSSR count). The molecule has 1 amide bonds. The summed E-state index contributed by atoms with van der Waals surface area (Å²) < 4.78 is 10.6. The van der Waals surface area contributed by atoms with E-state index in [-0.39, 0.29) is 12.7 Å². The highest BCUT2D eigenvalue weighted by molar-refractivity contribution is 5.78. The number of likely N-dealkylation sites (N-methyl/N-ethyl adjacent to an activating group) is 1. The SMILES string of the molecule is CN(CCc1ccncc1)C(=O)Cc1ccc2c(c1)OCO2. The van der Waals surface area contributed by atoms with Crippen LogP contribution in [0.15, 0.2) is 42.7 Å². The van der Waals surface area contributed by atoms with E-state index in [1.54, 1.807) is 17.3 Å². The monoisotopic (exact) mass is 298 g/mol. The Labute approximate surface area is 129 Å². The molecule has 0 atom stereocenters. The Morgan fingerprint density at radius 1 is 1.14 bits per heavy atom. The zero-order valence-corrected chi connectivity index (χ0v) is 12.5. The molecule has 5 heteroatoms. The van der Waals surface area contributed by atoms with E-state index < -0.39 is 0 Å². The van der Waals surface area contributed by atoms with Gasteiger partial charge in [0.2, 0.25) is 12.7 Å². The standard InChI is InChI=1S/C17H18N2O3/c1-19(9-6-13-4-7-18-8-5-13)17(20)11-14-2-3-15-16(10-14)22-12-21-15/h2-5,7-8,10H,6,9,11-12H2,1H3. The van der Waals surface area contributed by atoms with Gasteiger partial charge in [-0.2, -0.15) is 0 Å². The minimum Gasteiger partial charge on any atom is -0.454 e. The summed E-state index contributed by atoms with van der Waals surface area (Å²) in [5.74, 6) is 1.54. The van der Waals surface area contributed by atoms with Gasteiger partial charge in [0.15, 0.2) is 11.5 Å². The van der Waals surface area contributed by atoms with E-state index in [9.17, 15) is 4.79 Å². The lowest BCUT2D eigenvalue weighted by molar-refractivity contribution is -0.129. The van der Waals surface area contributed by atoms with Crippen molar-refractivity contribution in [3.63, 3.8) is 0 Å². The summed E-state index contributed by atoms with van der Waals surface area (Å²) in [6, 6.07) is 9.56. The van der Waals surface area contributed by atoms with Gasteiger partial charge in [0, 0.05) is 26.0 Å². The fourth-order valence-electron chi connectivity index (χ4n) is 2.33. The molecule has 1 aliphatic rings. The minimum atomic E-state index is 0.0907. The molecule has 0 fully saturated rings. The van der Waals surface area contributed by atoms with Gasteiger partial charge in [-0.3, -0.25) is 9.78 Å². The normalized spacial score (nSPS) is 12.2. The predicted molar refractivity (Wildman–Crippen MR) is 81.8 cm³/mol. The van der Waals surface area contributed by atoms with Crippen molar-refractivity contribution in [2.45, 2.75) is 12.8 Å². The summed E-state index contributed by atoms with van der Waals surface area (Å²) in [6.07, 6.45) is 4.73. The van der Waals surface area contributed by atoms with Gasteiger partial charge >= 0.3 is 0 Å². The maximum Gasteiger partial charge on any atom is 0.231 e. The Morgan fingerprint density at radius 2 is 1.91 bits per heavy atom. The van der Waals surface area contributed by atoms with Crippen LogP contribution in [0.2, 0.25) is 0 Å². The number of carbonyl (C=O) groups excluding carboxylic acids is 1. The summed E-state index contributed by atoms with van der Waals surface area (Å²) >= 11 is 0. The Bertz CT molecular complexity index is 658. The van der Waals surface area contributed by atoms with E-state index in [0.717, 1.165) is 17.7 Å². The van der Waals surface area contributed by atoms with Crippen molar-refractivity contribution >= 4 is 5.91 Å². The first kappa shape index (κ1) is 14.4. The lowest BCUT2D eigenvalue weighted by Gasteiger charge is -2.17. The summed E-state index contributed by atoms with van der Waals surface area (Å²) in [7, 11) is 1.83. The van der Waals surface area contributed by atoms with Crippen LogP contribution in [-0.2, 0) is 17.6 Å². The average molecular weight is 298 g/mol. The number of hydrogen-bond acceptors (Lipinski definition) is 4. The maximum absolute atomic E-state index is 12.3. The molecule has 1 aliphatic heterocycles. The molecule has 0 spiro atoms.